The second kappa shape index (κ2) is 5.15. The SMILES string of the molecule is CC(C)CN1CCC(N)(c2nc3c(s2)CCC3)CC1. The predicted molar refractivity (Wildman–Crippen MR) is 80.5 cm³/mol. The van der Waals surface area contributed by atoms with E-state index in [1.165, 1.54) is 41.4 Å². The molecule has 0 atom stereocenters. The lowest BCUT2D eigenvalue weighted by molar-refractivity contribution is 0.148. The van der Waals surface area contributed by atoms with Gasteiger partial charge in [-0.25, -0.2) is 4.98 Å². The molecule has 0 spiro atoms. The minimum absolute atomic E-state index is 0.150. The van der Waals surface area contributed by atoms with Gasteiger partial charge in [-0.05, 0) is 38.0 Å². The zero-order chi connectivity index (χ0) is 13.5. The second-order valence-electron chi connectivity index (χ2n) is 6.59. The first kappa shape index (κ1) is 13.5. The predicted octanol–water partition coefficient (Wildman–Crippen LogP) is 2.54. The molecule has 0 bridgehead atoms. The van der Waals surface area contributed by atoms with E-state index >= 15 is 0 Å². The Kier molecular flexibility index (Phi) is 3.67. The van der Waals surface area contributed by atoms with Crippen molar-refractivity contribution < 1.29 is 0 Å². The van der Waals surface area contributed by atoms with Gasteiger partial charge in [0.05, 0.1) is 11.2 Å². The number of fused-ring (bicyclic) bond motifs is 1. The Morgan fingerprint density at radius 1 is 1.32 bits per heavy atom. The van der Waals surface area contributed by atoms with Crippen LogP contribution in [0.15, 0.2) is 0 Å². The maximum absolute atomic E-state index is 6.66. The number of likely N-dealkylation sites (tertiary alicyclic amines) is 1. The third-order valence-electron chi connectivity index (χ3n) is 4.39. The third kappa shape index (κ3) is 2.71. The number of nitrogens with zero attached hydrogens (tertiary/aromatic N) is 2. The molecule has 1 fully saturated rings. The summed E-state index contributed by atoms with van der Waals surface area (Å²) >= 11 is 1.89. The van der Waals surface area contributed by atoms with Crippen LogP contribution in [0.5, 0.6) is 0 Å². The average molecular weight is 279 g/mol. The van der Waals surface area contributed by atoms with Crippen LogP contribution in [0.3, 0.4) is 0 Å². The van der Waals surface area contributed by atoms with Gasteiger partial charge < -0.3 is 10.6 Å². The number of nitrogens with two attached hydrogens (primary N) is 1. The van der Waals surface area contributed by atoms with Crippen LogP contribution in [-0.2, 0) is 18.4 Å². The minimum Gasteiger partial charge on any atom is -0.319 e. The van der Waals surface area contributed by atoms with Gasteiger partial charge in [0.15, 0.2) is 0 Å². The van der Waals surface area contributed by atoms with Crippen LogP contribution in [0.25, 0.3) is 0 Å². The van der Waals surface area contributed by atoms with Gasteiger partial charge in [0, 0.05) is 24.5 Å². The van der Waals surface area contributed by atoms with E-state index in [9.17, 15) is 0 Å². The van der Waals surface area contributed by atoms with Crippen LogP contribution in [0.1, 0.15) is 48.7 Å². The van der Waals surface area contributed by atoms with Crippen LogP contribution in [-0.4, -0.2) is 29.5 Å². The molecule has 0 radical (unpaired) electrons. The number of piperidine rings is 1. The highest BCUT2D eigenvalue weighted by Crippen LogP contribution is 2.37. The quantitative estimate of drug-likeness (QED) is 0.924. The molecule has 0 saturated carbocycles. The summed E-state index contributed by atoms with van der Waals surface area (Å²) in [5.74, 6) is 0.744. The van der Waals surface area contributed by atoms with Crippen molar-refractivity contribution in [3.63, 3.8) is 0 Å². The van der Waals surface area contributed by atoms with Crippen LogP contribution >= 0.6 is 11.3 Å². The largest absolute Gasteiger partial charge is 0.319 e. The number of thiazole rings is 1. The zero-order valence-corrected chi connectivity index (χ0v) is 12.9. The number of rotatable bonds is 3. The lowest BCUT2D eigenvalue weighted by atomic mass is 9.89. The minimum atomic E-state index is -0.150. The van der Waals surface area contributed by atoms with E-state index in [-0.39, 0.29) is 5.54 Å². The summed E-state index contributed by atoms with van der Waals surface area (Å²) in [5.41, 5.74) is 7.85. The molecule has 3 rings (SSSR count). The van der Waals surface area contributed by atoms with Crippen molar-refractivity contribution >= 4 is 11.3 Å². The Morgan fingerprint density at radius 3 is 2.68 bits per heavy atom. The van der Waals surface area contributed by atoms with E-state index in [1.807, 2.05) is 11.3 Å². The monoisotopic (exact) mass is 279 g/mol. The fraction of sp³-hybridized carbons (Fsp3) is 0.800. The van der Waals surface area contributed by atoms with Gasteiger partial charge in [0.25, 0.3) is 0 Å². The first-order chi connectivity index (χ1) is 9.07. The van der Waals surface area contributed by atoms with E-state index in [4.69, 9.17) is 10.7 Å². The van der Waals surface area contributed by atoms with Crippen LogP contribution in [0.2, 0.25) is 0 Å². The van der Waals surface area contributed by atoms with Crippen molar-refractivity contribution in [2.75, 3.05) is 19.6 Å². The van der Waals surface area contributed by atoms with Gasteiger partial charge in [-0.2, -0.15) is 0 Å². The van der Waals surface area contributed by atoms with Gasteiger partial charge in [0.1, 0.15) is 5.01 Å². The van der Waals surface area contributed by atoms with E-state index in [0.29, 0.717) is 0 Å². The summed E-state index contributed by atoms with van der Waals surface area (Å²) in [7, 11) is 0. The molecular weight excluding hydrogens is 254 g/mol. The molecule has 106 valence electrons. The number of hydrogen-bond acceptors (Lipinski definition) is 4. The van der Waals surface area contributed by atoms with E-state index in [0.717, 1.165) is 31.8 Å². The normalized spacial score (nSPS) is 22.9. The van der Waals surface area contributed by atoms with E-state index in [1.54, 1.807) is 0 Å². The molecule has 1 saturated heterocycles. The van der Waals surface area contributed by atoms with Gasteiger partial charge in [-0.3, -0.25) is 0 Å². The van der Waals surface area contributed by atoms with Crippen LogP contribution < -0.4 is 5.73 Å². The van der Waals surface area contributed by atoms with Crippen molar-refractivity contribution in [3.05, 3.63) is 15.6 Å². The summed E-state index contributed by atoms with van der Waals surface area (Å²) in [5, 5.41) is 1.21. The average Bonchev–Trinajstić information content (AvgIpc) is 2.92. The van der Waals surface area contributed by atoms with E-state index < -0.39 is 0 Å². The Balaban J connectivity index is 1.67. The summed E-state index contributed by atoms with van der Waals surface area (Å²) in [6.45, 7) is 8.02. The summed E-state index contributed by atoms with van der Waals surface area (Å²) in [6.07, 6.45) is 5.80. The highest BCUT2D eigenvalue weighted by molar-refractivity contribution is 7.12. The number of hydrogen-bond donors (Lipinski definition) is 1. The number of aromatic nitrogens is 1. The van der Waals surface area contributed by atoms with Crippen molar-refractivity contribution in [3.8, 4) is 0 Å². The molecule has 1 aliphatic heterocycles. The maximum Gasteiger partial charge on any atom is 0.113 e. The Bertz CT molecular complexity index is 423. The third-order valence-corrected chi connectivity index (χ3v) is 5.77. The topological polar surface area (TPSA) is 42.1 Å². The Morgan fingerprint density at radius 2 is 2.05 bits per heavy atom. The lowest BCUT2D eigenvalue weighted by Gasteiger charge is -2.38. The smallest absolute Gasteiger partial charge is 0.113 e. The fourth-order valence-electron chi connectivity index (χ4n) is 3.27. The van der Waals surface area contributed by atoms with Crippen molar-refractivity contribution in [2.24, 2.45) is 11.7 Å². The summed E-state index contributed by atoms with van der Waals surface area (Å²) < 4.78 is 0. The Labute approximate surface area is 120 Å². The molecule has 1 aliphatic carbocycles. The molecule has 2 N–H and O–H groups in total. The molecule has 19 heavy (non-hydrogen) atoms. The maximum atomic E-state index is 6.66. The molecule has 1 aromatic heterocycles. The summed E-state index contributed by atoms with van der Waals surface area (Å²) in [6, 6.07) is 0. The molecule has 0 unspecified atom stereocenters. The van der Waals surface area contributed by atoms with Crippen molar-refractivity contribution in [2.45, 2.75) is 51.5 Å². The van der Waals surface area contributed by atoms with Crippen molar-refractivity contribution in [1.29, 1.82) is 0 Å². The first-order valence-corrected chi connectivity index (χ1v) is 8.39. The van der Waals surface area contributed by atoms with Crippen molar-refractivity contribution in [1.82, 2.24) is 9.88 Å². The molecule has 0 amide bonds. The number of aryl methyl sites for hydroxylation is 2. The summed E-state index contributed by atoms with van der Waals surface area (Å²) in [4.78, 5) is 8.90. The van der Waals surface area contributed by atoms with Crippen LogP contribution in [0.4, 0.5) is 0 Å². The molecule has 3 nitrogen and oxygen atoms in total. The lowest BCUT2D eigenvalue weighted by Crippen LogP contribution is -2.48. The second-order valence-corrected chi connectivity index (χ2v) is 7.68. The highest BCUT2D eigenvalue weighted by Gasteiger charge is 2.36. The highest BCUT2D eigenvalue weighted by atomic mass is 32.1. The van der Waals surface area contributed by atoms with Gasteiger partial charge in [0.2, 0.25) is 0 Å². The molecular formula is C15H25N3S. The molecule has 4 heteroatoms. The zero-order valence-electron chi connectivity index (χ0n) is 12.1. The van der Waals surface area contributed by atoms with Gasteiger partial charge in [-0.1, -0.05) is 13.8 Å². The standard InChI is InChI=1S/C15H25N3S/c1-11(2)10-18-8-6-15(16,7-9-18)14-17-12-4-3-5-13(12)19-14/h11H,3-10,16H2,1-2H3. The molecule has 2 heterocycles. The fourth-order valence-corrected chi connectivity index (χ4v) is 4.58. The van der Waals surface area contributed by atoms with E-state index in [2.05, 4.69) is 18.7 Å². The molecule has 0 aromatic carbocycles. The molecule has 2 aliphatic rings. The molecule has 1 aromatic rings. The van der Waals surface area contributed by atoms with Crippen LogP contribution in [0, 0.1) is 5.92 Å². The van der Waals surface area contributed by atoms with Gasteiger partial charge >= 0.3 is 0 Å². The van der Waals surface area contributed by atoms with Gasteiger partial charge in [-0.15, -0.1) is 11.3 Å². The Hall–Kier alpha value is -0.450. The first-order valence-electron chi connectivity index (χ1n) is 7.57.